The van der Waals surface area contributed by atoms with Crippen molar-refractivity contribution in [2.75, 3.05) is 0 Å². The molecule has 2 aromatic rings. The molecule has 0 fully saturated rings. The lowest BCUT2D eigenvalue weighted by Crippen LogP contribution is -2.10. The Labute approximate surface area is 82.4 Å². The summed E-state index contributed by atoms with van der Waals surface area (Å²) in [5, 5.41) is 9.25. The SMILES string of the molecule is CC(C)(C)c1nc2ccc(O)cc2o1. The van der Waals surface area contributed by atoms with E-state index in [-0.39, 0.29) is 11.2 Å². The molecule has 0 amide bonds. The molecule has 0 radical (unpaired) electrons. The van der Waals surface area contributed by atoms with Crippen LogP contribution < -0.4 is 0 Å². The number of hydrogen-bond acceptors (Lipinski definition) is 3. The molecule has 0 aliphatic heterocycles. The van der Waals surface area contributed by atoms with Gasteiger partial charge in [0, 0.05) is 11.5 Å². The van der Waals surface area contributed by atoms with Crippen LogP contribution in [0.15, 0.2) is 22.6 Å². The summed E-state index contributed by atoms with van der Waals surface area (Å²) in [6.07, 6.45) is 0. The maximum atomic E-state index is 9.25. The van der Waals surface area contributed by atoms with Gasteiger partial charge >= 0.3 is 0 Å². The molecule has 0 spiro atoms. The molecule has 1 heterocycles. The van der Waals surface area contributed by atoms with Gasteiger partial charge in [-0.15, -0.1) is 0 Å². The van der Waals surface area contributed by atoms with E-state index in [0.29, 0.717) is 11.5 Å². The molecule has 0 aliphatic rings. The Hall–Kier alpha value is -1.51. The average molecular weight is 191 g/mol. The lowest BCUT2D eigenvalue weighted by Gasteiger charge is -2.11. The second-order valence-electron chi connectivity index (χ2n) is 4.42. The van der Waals surface area contributed by atoms with Gasteiger partial charge in [0.05, 0.1) is 0 Å². The van der Waals surface area contributed by atoms with Gasteiger partial charge in [0.25, 0.3) is 0 Å². The van der Waals surface area contributed by atoms with Crippen LogP contribution in [0.1, 0.15) is 26.7 Å². The zero-order valence-corrected chi connectivity index (χ0v) is 8.53. The molecule has 1 N–H and O–H groups in total. The monoisotopic (exact) mass is 191 g/mol. The standard InChI is InChI=1S/C11H13NO2/c1-11(2,3)10-12-8-5-4-7(13)6-9(8)14-10/h4-6,13H,1-3H3. The lowest BCUT2D eigenvalue weighted by molar-refractivity contribution is 0.409. The highest BCUT2D eigenvalue weighted by Crippen LogP contribution is 2.27. The Kier molecular flexibility index (Phi) is 1.77. The fraction of sp³-hybridized carbons (Fsp3) is 0.364. The third kappa shape index (κ3) is 1.45. The minimum atomic E-state index is -0.103. The first-order valence-corrected chi connectivity index (χ1v) is 4.57. The lowest BCUT2D eigenvalue weighted by atomic mass is 9.97. The molecule has 2 rings (SSSR count). The van der Waals surface area contributed by atoms with Crippen molar-refractivity contribution in [3.8, 4) is 5.75 Å². The minimum absolute atomic E-state index is 0.103. The van der Waals surface area contributed by atoms with Crippen molar-refractivity contribution in [2.45, 2.75) is 26.2 Å². The highest BCUT2D eigenvalue weighted by Gasteiger charge is 2.20. The summed E-state index contributed by atoms with van der Waals surface area (Å²) in [4.78, 5) is 4.35. The number of hydrogen-bond donors (Lipinski definition) is 1. The summed E-state index contributed by atoms with van der Waals surface area (Å²) in [5.74, 6) is 0.896. The van der Waals surface area contributed by atoms with Crippen molar-refractivity contribution < 1.29 is 9.52 Å². The Balaban J connectivity index is 2.63. The van der Waals surface area contributed by atoms with Gasteiger partial charge in [0.1, 0.15) is 11.3 Å². The van der Waals surface area contributed by atoms with E-state index < -0.39 is 0 Å². The number of fused-ring (bicyclic) bond motifs is 1. The first-order chi connectivity index (χ1) is 6.47. The predicted octanol–water partition coefficient (Wildman–Crippen LogP) is 2.83. The van der Waals surface area contributed by atoms with E-state index in [4.69, 9.17) is 4.42 Å². The molecule has 0 saturated heterocycles. The maximum Gasteiger partial charge on any atom is 0.200 e. The molecule has 1 aromatic carbocycles. The predicted molar refractivity (Wildman–Crippen MR) is 54.4 cm³/mol. The largest absolute Gasteiger partial charge is 0.508 e. The Bertz CT molecular complexity index is 466. The van der Waals surface area contributed by atoms with Crippen LogP contribution in [-0.2, 0) is 5.41 Å². The van der Waals surface area contributed by atoms with E-state index in [9.17, 15) is 5.11 Å². The van der Waals surface area contributed by atoms with Gasteiger partial charge in [0.15, 0.2) is 5.58 Å². The van der Waals surface area contributed by atoms with Crippen LogP contribution in [0.3, 0.4) is 0 Å². The number of aromatic nitrogens is 1. The second kappa shape index (κ2) is 2.74. The molecule has 0 saturated carbocycles. The van der Waals surface area contributed by atoms with Crippen LogP contribution in [0, 0.1) is 0 Å². The highest BCUT2D eigenvalue weighted by molar-refractivity contribution is 5.74. The topological polar surface area (TPSA) is 46.3 Å². The summed E-state index contributed by atoms with van der Waals surface area (Å²) >= 11 is 0. The second-order valence-corrected chi connectivity index (χ2v) is 4.42. The molecule has 1 aromatic heterocycles. The molecule has 0 aliphatic carbocycles. The fourth-order valence-electron chi connectivity index (χ4n) is 1.23. The van der Waals surface area contributed by atoms with E-state index in [1.54, 1.807) is 18.2 Å². The number of oxazole rings is 1. The van der Waals surface area contributed by atoms with Gasteiger partial charge < -0.3 is 9.52 Å². The zero-order valence-electron chi connectivity index (χ0n) is 8.53. The summed E-state index contributed by atoms with van der Waals surface area (Å²) in [6, 6.07) is 4.94. The number of aromatic hydroxyl groups is 1. The Morgan fingerprint density at radius 1 is 1.29 bits per heavy atom. The van der Waals surface area contributed by atoms with Crippen LogP contribution in [0.2, 0.25) is 0 Å². The molecule has 74 valence electrons. The van der Waals surface area contributed by atoms with Crippen LogP contribution in [-0.4, -0.2) is 10.1 Å². The van der Waals surface area contributed by atoms with E-state index in [1.807, 2.05) is 20.8 Å². The molecule has 0 bridgehead atoms. The third-order valence-electron chi connectivity index (χ3n) is 2.01. The zero-order chi connectivity index (χ0) is 10.3. The van der Waals surface area contributed by atoms with Crippen LogP contribution >= 0.6 is 0 Å². The smallest absolute Gasteiger partial charge is 0.200 e. The van der Waals surface area contributed by atoms with Gasteiger partial charge in [-0.1, -0.05) is 20.8 Å². The number of phenolic OH excluding ortho intramolecular Hbond substituents is 1. The molecular formula is C11H13NO2. The van der Waals surface area contributed by atoms with Crippen molar-refractivity contribution in [3.05, 3.63) is 24.1 Å². The summed E-state index contributed by atoms with van der Waals surface area (Å²) in [7, 11) is 0. The van der Waals surface area contributed by atoms with Crippen molar-refractivity contribution in [3.63, 3.8) is 0 Å². The summed E-state index contributed by atoms with van der Waals surface area (Å²) in [5.41, 5.74) is 1.32. The van der Waals surface area contributed by atoms with Gasteiger partial charge in [0.2, 0.25) is 5.89 Å². The number of rotatable bonds is 0. The van der Waals surface area contributed by atoms with Gasteiger partial charge in [-0.3, -0.25) is 0 Å². The fourth-order valence-corrected chi connectivity index (χ4v) is 1.23. The Morgan fingerprint density at radius 3 is 2.64 bits per heavy atom. The number of nitrogens with zero attached hydrogens (tertiary/aromatic N) is 1. The van der Waals surface area contributed by atoms with E-state index in [2.05, 4.69) is 4.98 Å². The maximum absolute atomic E-state index is 9.25. The van der Waals surface area contributed by atoms with Crippen molar-refractivity contribution in [1.82, 2.24) is 4.98 Å². The quantitative estimate of drug-likeness (QED) is 0.696. The van der Waals surface area contributed by atoms with Crippen LogP contribution in [0.5, 0.6) is 5.75 Å². The van der Waals surface area contributed by atoms with Crippen molar-refractivity contribution in [2.24, 2.45) is 0 Å². The normalized spacial score (nSPS) is 12.2. The number of benzene rings is 1. The minimum Gasteiger partial charge on any atom is -0.508 e. The van der Waals surface area contributed by atoms with Gasteiger partial charge in [-0.25, -0.2) is 4.98 Å². The summed E-state index contributed by atoms with van der Waals surface area (Å²) in [6.45, 7) is 6.12. The Morgan fingerprint density at radius 2 is 2.00 bits per heavy atom. The molecule has 0 atom stereocenters. The van der Waals surface area contributed by atoms with Crippen LogP contribution in [0.25, 0.3) is 11.1 Å². The van der Waals surface area contributed by atoms with E-state index in [0.717, 1.165) is 5.52 Å². The van der Waals surface area contributed by atoms with E-state index in [1.165, 1.54) is 0 Å². The molecule has 0 unspecified atom stereocenters. The van der Waals surface area contributed by atoms with Crippen molar-refractivity contribution >= 4 is 11.1 Å². The molecule has 3 nitrogen and oxygen atoms in total. The first-order valence-electron chi connectivity index (χ1n) is 4.57. The van der Waals surface area contributed by atoms with Gasteiger partial charge in [-0.05, 0) is 12.1 Å². The third-order valence-corrected chi connectivity index (χ3v) is 2.01. The van der Waals surface area contributed by atoms with E-state index >= 15 is 0 Å². The summed E-state index contributed by atoms with van der Waals surface area (Å²) < 4.78 is 5.54. The van der Waals surface area contributed by atoms with Crippen LogP contribution in [0.4, 0.5) is 0 Å². The molecule has 14 heavy (non-hydrogen) atoms. The average Bonchev–Trinajstić information content (AvgIpc) is 2.45. The molecular weight excluding hydrogens is 178 g/mol. The van der Waals surface area contributed by atoms with Crippen molar-refractivity contribution in [1.29, 1.82) is 0 Å². The highest BCUT2D eigenvalue weighted by atomic mass is 16.4. The first kappa shape index (κ1) is 9.06. The van der Waals surface area contributed by atoms with Gasteiger partial charge in [-0.2, -0.15) is 0 Å². The number of phenols is 1. The molecule has 3 heteroatoms.